The average molecular weight is 513 g/mol. The van der Waals surface area contributed by atoms with Gasteiger partial charge >= 0.3 is 12.1 Å². The van der Waals surface area contributed by atoms with Crippen LogP contribution in [0.4, 0.5) is 17.6 Å². The maximum absolute atomic E-state index is 14.0. The molecule has 0 aliphatic carbocycles. The largest absolute Gasteiger partial charge is 0.481 e. The Balaban J connectivity index is 1.58. The number of hydrogen-bond donors (Lipinski definition) is 1. The van der Waals surface area contributed by atoms with Gasteiger partial charge in [-0.15, -0.1) is 34.4 Å². The van der Waals surface area contributed by atoms with E-state index in [-0.39, 0.29) is 6.42 Å². The molecule has 4 nitrogen and oxygen atoms in total. The molecule has 4 aromatic rings. The number of aromatic nitrogens is 2. The maximum Gasteiger partial charge on any atom is 0.419 e. The molecule has 0 saturated carbocycles. The number of nitrogens with zero attached hydrogens (tertiary/aromatic N) is 2. The summed E-state index contributed by atoms with van der Waals surface area (Å²) in [5, 5.41) is 10.0. The summed E-state index contributed by atoms with van der Waals surface area (Å²) in [5.74, 6) is -1.73. The molecule has 0 spiro atoms. The number of rotatable bonds is 6. The van der Waals surface area contributed by atoms with Crippen molar-refractivity contribution in [3.63, 3.8) is 0 Å². The third-order valence-corrected chi connectivity index (χ3v) is 8.48. The highest BCUT2D eigenvalue weighted by Gasteiger charge is 2.34. The Kier molecular flexibility index (Phi) is 6.47. The topological polar surface area (TPSA) is 63.1 Å². The van der Waals surface area contributed by atoms with E-state index in [1.165, 1.54) is 40.5 Å². The summed E-state index contributed by atoms with van der Waals surface area (Å²) in [7, 11) is 0. The number of halogens is 4. The lowest BCUT2D eigenvalue weighted by atomic mass is 10.1. The fraction of sp³-hybridized carbons (Fsp3) is 0.227. The lowest BCUT2D eigenvalue weighted by molar-refractivity contribution is -0.140. The van der Waals surface area contributed by atoms with Crippen molar-refractivity contribution in [1.29, 1.82) is 0 Å². The second kappa shape index (κ2) is 9.03. The van der Waals surface area contributed by atoms with E-state index in [0.29, 0.717) is 21.3 Å². The van der Waals surface area contributed by atoms with Gasteiger partial charge in [-0.25, -0.2) is 14.4 Å². The Hall–Kier alpha value is -2.50. The molecule has 1 N–H and O–H groups in total. The maximum atomic E-state index is 14.0. The number of thiazole rings is 2. The third-order valence-electron chi connectivity index (χ3n) is 4.82. The van der Waals surface area contributed by atoms with Crippen molar-refractivity contribution in [2.75, 3.05) is 0 Å². The number of carboxylic acids is 1. The van der Waals surface area contributed by atoms with Crippen molar-refractivity contribution >= 4 is 50.6 Å². The van der Waals surface area contributed by atoms with E-state index in [0.717, 1.165) is 43.4 Å². The molecule has 2 heterocycles. The number of aliphatic carboxylic acids is 1. The molecule has 0 aliphatic heterocycles. The normalized spacial score (nSPS) is 11.9. The van der Waals surface area contributed by atoms with Crippen LogP contribution in [0.2, 0.25) is 0 Å². The van der Waals surface area contributed by atoms with Crippen LogP contribution >= 0.6 is 34.4 Å². The van der Waals surface area contributed by atoms with Crippen LogP contribution in [0.3, 0.4) is 0 Å². The van der Waals surface area contributed by atoms with E-state index in [9.17, 15) is 22.4 Å². The predicted molar refractivity (Wildman–Crippen MR) is 123 cm³/mol. The molecule has 0 aliphatic rings. The van der Waals surface area contributed by atoms with Crippen LogP contribution in [-0.4, -0.2) is 21.0 Å². The Morgan fingerprint density at radius 3 is 2.55 bits per heavy atom. The molecule has 2 aromatic heterocycles. The van der Waals surface area contributed by atoms with E-state index in [1.54, 1.807) is 6.92 Å². The molecule has 0 fully saturated rings. The minimum atomic E-state index is -4.75. The van der Waals surface area contributed by atoms with Gasteiger partial charge in [-0.1, -0.05) is 12.1 Å². The highest BCUT2D eigenvalue weighted by Crippen LogP contribution is 2.39. The Bertz CT molecular complexity index is 1360. The second-order valence-electron chi connectivity index (χ2n) is 7.25. The summed E-state index contributed by atoms with van der Waals surface area (Å²) < 4.78 is 53.4. The van der Waals surface area contributed by atoms with Crippen molar-refractivity contribution in [3.8, 4) is 10.6 Å². The molecule has 0 bridgehead atoms. The molecule has 0 atom stereocenters. The molecule has 2 aromatic carbocycles. The summed E-state index contributed by atoms with van der Waals surface area (Å²) in [6.07, 6.45) is -4.88. The van der Waals surface area contributed by atoms with Crippen molar-refractivity contribution in [3.05, 3.63) is 62.9 Å². The molecule has 0 radical (unpaired) electrons. The highest BCUT2D eigenvalue weighted by molar-refractivity contribution is 7.98. The van der Waals surface area contributed by atoms with Gasteiger partial charge in [0, 0.05) is 21.1 Å². The van der Waals surface area contributed by atoms with Crippen molar-refractivity contribution in [2.24, 2.45) is 0 Å². The average Bonchev–Trinajstić information content (AvgIpc) is 3.30. The van der Waals surface area contributed by atoms with E-state index in [1.807, 2.05) is 19.1 Å². The number of carboxylic acid groups (broad SMARTS) is 1. The predicted octanol–water partition coefficient (Wildman–Crippen LogP) is 7.11. The zero-order valence-electron chi connectivity index (χ0n) is 17.3. The number of hydrogen-bond acceptors (Lipinski definition) is 6. The van der Waals surface area contributed by atoms with E-state index >= 15 is 0 Å². The smallest absolute Gasteiger partial charge is 0.419 e. The zero-order valence-corrected chi connectivity index (χ0v) is 19.7. The summed E-state index contributed by atoms with van der Waals surface area (Å²) >= 11 is 4.19. The standard InChI is InChI=1S/C22H16F4N2O2S3/c1-10-3-6-15(19-20(10)33-17(28-19)8-18(29)30)31-9-16-11(2)27-21(32-16)12-4-5-13(14(23)7-12)22(24,25)26/h3-7H,8-9H2,1-2H3,(H,29,30). The van der Waals surface area contributed by atoms with Gasteiger partial charge in [0.1, 0.15) is 15.8 Å². The number of thioether (sulfide) groups is 1. The fourth-order valence-corrected chi connectivity index (χ4v) is 6.51. The van der Waals surface area contributed by atoms with Crippen LogP contribution in [0, 0.1) is 19.7 Å². The first-order chi connectivity index (χ1) is 15.5. The van der Waals surface area contributed by atoms with Crippen LogP contribution in [0.15, 0.2) is 35.2 Å². The molecule has 0 saturated heterocycles. The third kappa shape index (κ3) is 5.04. The molecule has 33 heavy (non-hydrogen) atoms. The summed E-state index contributed by atoms with van der Waals surface area (Å²) in [4.78, 5) is 21.8. The van der Waals surface area contributed by atoms with Crippen LogP contribution in [0.1, 0.15) is 26.7 Å². The van der Waals surface area contributed by atoms with Gasteiger partial charge < -0.3 is 5.11 Å². The van der Waals surface area contributed by atoms with E-state index in [4.69, 9.17) is 5.11 Å². The van der Waals surface area contributed by atoms with Gasteiger partial charge in [-0.2, -0.15) is 13.2 Å². The second-order valence-corrected chi connectivity index (χ2v) is 10.4. The van der Waals surface area contributed by atoms with Crippen molar-refractivity contribution < 1.29 is 27.5 Å². The Morgan fingerprint density at radius 1 is 1.12 bits per heavy atom. The van der Waals surface area contributed by atoms with Crippen LogP contribution in [-0.2, 0) is 23.1 Å². The van der Waals surface area contributed by atoms with Gasteiger partial charge in [0.25, 0.3) is 0 Å². The van der Waals surface area contributed by atoms with Crippen molar-refractivity contribution in [2.45, 2.75) is 37.1 Å². The lowest BCUT2D eigenvalue weighted by Crippen LogP contribution is -2.07. The molecule has 4 rings (SSSR count). The van der Waals surface area contributed by atoms with E-state index < -0.39 is 23.5 Å². The summed E-state index contributed by atoms with van der Waals surface area (Å²) in [6.45, 7) is 3.75. The van der Waals surface area contributed by atoms with Gasteiger partial charge in [-0.3, -0.25) is 4.79 Å². The first-order valence-corrected chi connectivity index (χ1v) is 12.2. The van der Waals surface area contributed by atoms with Gasteiger partial charge in [0.05, 0.1) is 27.9 Å². The monoisotopic (exact) mass is 512 g/mol. The minimum Gasteiger partial charge on any atom is -0.481 e. The number of carbonyl (C=O) groups is 1. The Morgan fingerprint density at radius 2 is 1.88 bits per heavy atom. The number of benzene rings is 2. The summed E-state index contributed by atoms with van der Waals surface area (Å²) in [5.41, 5.74) is 1.48. The summed E-state index contributed by atoms with van der Waals surface area (Å²) in [6, 6.07) is 6.72. The quantitative estimate of drug-likeness (QED) is 0.220. The van der Waals surface area contributed by atoms with Gasteiger partial charge in [0.15, 0.2) is 0 Å². The fourth-order valence-electron chi connectivity index (χ4n) is 3.18. The van der Waals surface area contributed by atoms with Crippen molar-refractivity contribution in [1.82, 2.24) is 9.97 Å². The Labute approximate surface area is 198 Å². The molecular formula is C22H16F4N2O2S3. The van der Waals surface area contributed by atoms with Crippen LogP contribution in [0.5, 0.6) is 0 Å². The lowest BCUT2D eigenvalue weighted by Gasteiger charge is -2.08. The first kappa shape index (κ1) is 23.7. The first-order valence-electron chi connectivity index (χ1n) is 9.60. The number of fused-ring (bicyclic) bond motifs is 1. The zero-order chi connectivity index (χ0) is 23.9. The van der Waals surface area contributed by atoms with E-state index in [2.05, 4.69) is 9.97 Å². The van der Waals surface area contributed by atoms with Gasteiger partial charge in [-0.05, 0) is 37.6 Å². The molecule has 172 valence electrons. The van der Waals surface area contributed by atoms with Crippen LogP contribution in [0.25, 0.3) is 20.8 Å². The van der Waals surface area contributed by atoms with Crippen LogP contribution < -0.4 is 0 Å². The molecule has 0 unspecified atom stereocenters. The highest BCUT2D eigenvalue weighted by atomic mass is 32.2. The minimum absolute atomic E-state index is 0.135. The van der Waals surface area contributed by atoms with Gasteiger partial charge in [0.2, 0.25) is 0 Å². The molecule has 0 amide bonds. The number of aryl methyl sites for hydroxylation is 2. The number of alkyl halides is 3. The SMILES string of the molecule is Cc1nc(-c2ccc(C(F)(F)F)c(F)c2)sc1CSc1ccc(C)c2sc(CC(=O)O)nc12. The molecular weight excluding hydrogens is 496 g/mol. The molecule has 11 heteroatoms.